The van der Waals surface area contributed by atoms with E-state index in [1.54, 1.807) is 0 Å². The third kappa shape index (κ3) is 1.10. The van der Waals surface area contributed by atoms with Crippen molar-refractivity contribution in [3.8, 4) is 0 Å². The van der Waals surface area contributed by atoms with Crippen molar-refractivity contribution < 1.29 is 19.1 Å². The maximum atomic E-state index is 13.2. The fourth-order valence-corrected chi connectivity index (χ4v) is 2.26. The molecule has 2 aliphatic heterocycles. The zero-order chi connectivity index (χ0) is 9.59. The van der Waals surface area contributed by atoms with Crippen molar-refractivity contribution in [2.75, 3.05) is 0 Å². The van der Waals surface area contributed by atoms with Crippen LogP contribution in [0.25, 0.3) is 0 Å². The number of hydrogen-bond acceptors (Lipinski definition) is 2. The third-order valence-electron chi connectivity index (χ3n) is 2.85. The Hall–Kier alpha value is -1.13. The summed E-state index contributed by atoms with van der Waals surface area (Å²) in [4.78, 5) is 22.8. The van der Waals surface area contributed by atoms with E-state index in [0.717, 1.165) is 4.90 Å². The maximum absolute atomic E-state index is 13.2. The molecule has 5 heteroatoms. The second-order valence-electron chi connectivity index (χ2n) is 3.56. The molecule has 2 fully saturated rings. The number of amides is 1. The summed E-state index contributed by atoms with van der Waals surface area (Å²) in [6, 6.07) is -0.995. The van der Waals surface area contributed by atoms with Gasteiger partial charge in [0.25, 0.3) is 0 Å². The molecule has 0 aromatic rings. The number of piperidine rings is 1. The summed E-state index contributed by atoms with van der Waals surface area (Å²) in [5.74, 6) is -0.440. The van der Waals surface area contributed by atoms with Crippen LogP contribution in [0.1, 0.15) is 19.3 Å². The van der Waals surface area contributed by atoms with Crippen LogP contribution in [0.15, 0.2) is 0 Å². The van der Waals surface area contributed by atoms with Crippen LogP contribution in [0.3, 0.4) is 0 Å². The van der Waals surface area contributed by atoms with Crippen LogP contribution < -0.4 is 0 Å². The van der Waals surface area contributed by atoms with Crippen molar-refractivity contribution in [2.24, 2.45) is 0 Å². The molecule has 3 atom stereocenters. The predicted octanol–water partition coefficient (Wildman–Crippen LogP) is 0.808. The minimum atomic E-state index is -1.60. The number of hydrogen-bond donors (Lipinski definition) is 1. The second-order valence-corrected chi connectivity index (χ2v) is 3.56. The van der Waals surface area contributed by atoms with Gasteiger partial charge in [0.2, 0.25) is 0 Å². The average Bonchev–Trinajstić information content (AvgIpc) is 2.40. The van der Waals surface area contributed by atoms with Crippen LogP contribution >= 0.6 is 0 Å². The van der Waals surface area contributed by atoms with Crippen molar-refractivity contribution >= 4 is 11.9 Å². The van der Waals surface area contributed by atoms with Gasteiger partial charge in [0, 0.05) is 12.5 Å². The van der Waals surface area contributed by atoms with E-state index in [0.29, 0.717) is 12.8 Å². The summed E-state index contributed by atoms with van der Waals surface area (Å²) in [5.41, 5.74) is 0. The first-order valence-corrected chi connectivity index (χ1v) is 4.29. The smallest absolute Gasteiger partial charge is 0.407 e. The van der Waals surface area contributed by atoms with E-state index >= 15 is 0 Å². The fourth-order valence-electron chi connectivity index (χ4n) is 2.26. The summed E-state index contributed by atoms with van der Waals surface area (Å²) in [6.45, 7) is 0. The number of fused-ring (bicyclic) bond motifs is 2. The quantitative estimate of drug-likeness (QED) is 0.610. The molecule has 2 rings (SSSR count). The average molecular weight is 187 g/mol. The van der Waals surface area contributed by atoms with Gasteiger partial charge < -0.3 is 5.11 Å². The molecule has 0 spiro atoms. The fraction of sp³-hybridized carbons (Fsp3) is 0.750. The highest BCUT2D eigenvalue weighted by atomic mass is 19.1. The summed E-state index contributed by atoms with van der Waals surface area (Å²) >= 11 is 0. The predicted molar refractivity (Wildman–Crippen MR) is 41.2 cm³/mol. The molecule has 0 aromatic heterocycles. The van der Waals surface area contributed by atoms with Gasteiger partial charge in [-0.25, -0.2) is 9.18 Å². The monoisotopic (exact) mass is 187 g/mol. The molecule has 2 heterocycles. The number of nitrogens with zero attached hydrogens (tertiary/aromatic N) is 1. The normalized spacial score (nSPS) is 38.1. The molecule has 1 N–H and O–H groups in total. The number of Topliss-reactive ketones (excluding diaryl/α,β-unsaturated/α-hetero) is 1. The summed E-state index contributed by atoms with van der Waals surface area (Å²) in [7, 11) is 0. The highest BCUT2D eigenvalue weighted by Gasteiger charge is 2.49. The molecule has 13 heavy (non-hydrogen) atoms. The number of carbonyl (C=O) groups excluding carboxylic acids is 1. The lowest BCUT2D eigenvalue weighted by Crippen LogP contribution is -2.52. The lowest BCUT2D eigenvalue weighted by Gasteiger charge is -2.33. The molecule has 0 aromatic carbocycles. The van der Waals surface area contributed by atoms with E-state index in [-0.39, 0.29) is 12.5 Å². The number of carboxylic acid groups (broad SMARTS) is 1. The largest absolute Gasteiger partial charge is 0.465 e. The van der Waals surface area contributed by atoms with Crippen LogP contribution in [0.2, 0.25) is 0 Å². The van der Waals surface area contributed by atoms with Gasteiger partial charge in [-0.3, -0.25) is 9.69 Å². The highest BCUT2D eigenvalue weighted by Crippen LogP contribution is 2.35. The first-order chi connectivity index (χ1) is 6.11. The molecular weight excluding hydrogens is 177 g/mol. The molecule has 4 nitrogen and oxygen atoms in total. The number of carbonyl (C=O) groups is 2. The minimum absolute atomic E-state index is 0.0456. The molecule has 72 valence electrons. The molecule has 2 aliphatic rings. The van der Waals surface area contributed by atoms with E-state index in [9.17, 15) is 14.0 Å². The molecule has 1 amide bonds. The van der Waals surface area contributed by atoms with Crippen LogP contribution in [0.4, 0.5) is 9.18 Å². The van der Waals surface area contributed by atoms with Gasteiger partial charge in [-0.1, -0.05) is 0 Å². The van der Waals surface area contributed by atoms with E-state index in [2.05, 4.69) is 0 Å². The van der Waals surface area contributed by atoms with Crippen LogP contribution in [0, 0.1) is 0 Å². The molecule has 0 aliphatic carbocycles. The van der Waals surface area contributed by atoms with Gasteiger partial charge in [-0.05, 0) is 12.8 Å². The summed E-state index contributed by atoms with van der Waals surface area (Å²) < 4.78 is 13.2. The second kappa shape index (κ2) is 2.68. The standard InChI is InChI=1S/C8H10FNO3/c9-7-5-2-1-4(3-6(7)11)10(5)8(12)13/h4-5,7H,1-3H2,(H,12,13). The van der Waals surface area contributed by atoms with Gasteiger partial charge in [-0.2, -0.15) is 0 Å². The first kappa shape index (κ1) is 8.47. The van der Waals surface area contributed by atoms with Crippen molar-refractivity contribution in [1.82, 2.24) is 4.90 Å². The maximum Gasteiger partial charge on any atom is 0.407 e. The van der Waals surface area contributed by atoms with Crippen molar-refractivity contribution in [3.05, 3.63) is 0 Å². The Balaban J connectivity index is 2.26. The lowest BCUT2D eigenvalue weighted by molar-refractivity contribution is -0.129. The van der Waals surface area contributed by atoms with E-state index in [1.165, 1.54) is 0 Å². The van der Waals surface area contributed by atoms with Crippen LogP contribution in [-0.2, 0) is 4.79 Å². The molecule has 2 saturated heterocycles. The Morgan fingerprint density at radius 1 is 1.54 bits per heavy atom. The number of ketones is 1. The molecular formula is C8H10FNO3. The topological polar surface area (TPSA) is 57.6 Å². The first-order valence-electron chi connectivity index (χ1n) is 4.29. The Morgan fingerprint density at radius 3 is 2.85 bits per heavy atom. The SMILES string of the molecule is O=C1CC2CCC(C1F)N2C(=O)O. The Labute approximate surface area is 74.3 Å². The third-order valence-corrected chi connectivity index (χ3v) is 2.85. The Bertz CT molecular complexity index is 268. The lowest BCUT2D eigenvalue weighted by atomic mass is 10.0. The van der Waals surface area contributed by atoms with Crippen LogP contribution in [-0.4, -0.2) is 40.1 Å². The van der Waals surface area contributed by atoms with Gasteiger partial charge in [0.05, 0.1) is 6.04 Å². The number of halogens is 1. The summed E-state index contributed by atoms with van der Waals surface area (Å²) in [5, 5.41) is 8.77. The van der Waals surface area contributed by atoms with Crippen molar-refractivity contribution in [1.29, 1.82) is 0 Å². The molecule has 0 radical (unpaired) electrons. The van der Waals surface area contributed by atoms with Gasteiger partial charge in [-0.15, -0.1) is 0 Å². The van der Waals surface area contributed by atoms with E-state index in [1.807, 2.05) is 0 Å². The number of alkyl halides is 1. The number of rotatable bonds is 0. The van der Waals surface area contributed by atoms with Crippen molar-refractivity contribution in [2.45, 2.75) is 37.5 Å². The van der Waals surface area contributed by atoms with Crippen LogP contribution in [0.5, 0.6) is 0 Å². The van der Waals surface area contributed by atoms with E-state index < -0.39 is 24.1 Å². The van der Waals surface area contributed by atoms with Gasteiger partial charge >= 0.3 is 6.09 Å². The van der Waals surface area contributed by atoms with Gasteiger partial charge in [0.15, 0.2) is 12.0 Å². The zero-order valence-corrected chi connectivity index (χ0v) is 6.94. The Morgan fingerprint density at radius 2 is 2.23 bits per heavy atom. The van der Waals surface area contributed by atoms with Crippen molar-refractivity contribution in [3.63, 3.8) is 0 Å². The van der Waals surface area contributed by atoms with Gasteiger partial charge in [0.1, 0.15) is 0 Å². The molecule has 3 unspecified atom stereocenters. The zero-order valence-electron chi connectivity index (χ0n) is 6.94. The Kier molecular flexibility index (Phi) is 1.75. The highest BCUT2D eigenvalue weighted by molar-refractivity contribution is 5.87. The van der Waals surface area contributed by atoms with E-state index in [4.69, 9.17) is 5.11 Å². The molecule has 0 saturated carbocycles. The summed E-state index contributed by atoms with van der Waals surface area (Å²) in [6.07, 6.45) is -1.57. The molecule has 2 bridgehead atoms. The minimum Gasteiger partial charge on any atom is -0.465 e.